The molecule has 39 heavy (non-hydrogen) atoms. The van der Waals surface area contributed by atoms with Crippen LogP contribution >= 0.6 is 0 Å². The third kappa shape index (κ3) is 9.20. The third-order valence-corrected chi connectivity index (χ3v) is 5.75. The van der Waals surface area contributed by atoms with Crippen molar-refractivity contribution in [2.75, 3.05) is 19.0 Å². The number of benzene rings is 2. The molecule has 0 fully saturated rings. The first-order valence-corrected chi connectivity index (χ1v) is 12.6. The molecule has 0 spiro atoms. The van der Waals surface area contributed by atoms with Crippen molar-refractivity contribution in [3.63, 3.8) is 0 Å². The minimum atomic E-state index is -1.19. The molecule has 2 atom stereocenters. The second-order valence-corrected chi connectivity index (χ2v) is 9.99. The number of carbonyl (C=O) groups excluding carboxylic acids is 4. The Kier molecular flexibility index (Phi) is 10.7. The van der Waals surface area contributed by atoms with E-state index in [0.717, 1.165) is 0 Å². The van der Waals surface area contributed by atoms with Crippen molar-refractivity contribution >= 4 is 29.5 Å². The Hall–Kier alpha value is -4.28. The number of aromatic hydroxyl groups is 1. The van der Waals surface area contributed by atoms with Gasteiger partial charge in [0.15, 0.2) is 0 Å². The summed E-state index contributed by atoms with van der Waals surface area (Å²) >= 11 is 0. The van der Waals surface area contributed by atoms with Crippen LogP contribution in [0.15, 0.2) is 42.5 Å². The molecule has 0 aliphatic heterocycles. The van der Waals surface area contributed by atoms with Crippen molar-refractivity contribution in [3.05, 3.63) is 53.6 Å². The maximum absolute atomic E-state index is 13.9. The standard InChI is InChI=1S/C28H38N4O7/c1-7-32(26(36)21(13-15-23(29)34)31-27(37)39-28(3,4)5)24(18-8-14-22(33)17(2)16-18)25(35)30-19-9-11-20(38-6)12-10-19/h8-12,14,16,21,24,33H,7,13,15H2,1-6H3,(H2,29,34)(H,30,35)(H,31,37). The Morgan fingerprint density at radius 3 is 2.23 bits per heavy atom. The lowest BCUT2D eigenvalue weighted by Gasteiger charge is -2.34. The summed E-state index contributed by atoms with van der Waals surface area (Å²) in [5, 5.41) is 15.4. The van der Waals surface area contributed by atoms with Crippen LogP contribution in [0.3, 0.4) is 0 Å². The van der Waals surface area contributed by atoms with Crippen molar-refractivity contribution in [1.29, 1.82) is 0 Å². The molecular weight excluding hydrogens is 504 g/mol. The Balaban J connectivity index is 2.48. The lowest BCUT2D eigenvalue weighted by atomic mass is 9.99. The van der Waals surface area contributed by atoms with Crippen LogP contribution < -0.4 is 21.1 Å². The monoisotopic (exact) mass is 542 g/mol. The normalized spacial score (nSPS) is 12.6. The molecule has 11 heteroatoms. The van der Waals surface area contributed by atoms with Crippen molar-refractivity contribution in [1.82, 2.24) is 10.2 Å². The van der Waals surface area contributed by atoms with Crippen LogP contribution in [-0.2, 0) is 19.1 Å². The average Bonchev–Trinajstić information content (AvgIpc) is 2.85. The molecule has 0 saturated heterocycles. The van der Waals surface area contributed by atoms with E-state index < -0.39 is 41.5 Å². The number of hydrogen-bond donors (Lipinski definition) is 4. The molecule has 11 nitrogen and oxygen atoms in total. The number of carbonyl (C=O) groups is 4. The van der Waals surface area contributed by atoms with Gasteiger partial charge in [-0.05, 0) is 88.6 Å². The number of aryl methyl sites for hydroxylation is 1. The van der Waals surface area contributed by atoms with Gasteiger partial charge in [0.2, 0.25) is 11.8 Å². The van der Waals surface area contributed by atoms with Crippen LogP contribution in [0, 0.1) is 6.92 Å². The summed E-state index contributed by atoms with van der Waals surface area (Å²) in [6, 6.07) is 8.97. The van der Waals surface area contributed by atoms with Crippen LogP contribution in [0.5, 0.6) is 11.5 Å². The highest BCUT2D eigenvalue weighted by atomic mass is 16.6. The number of phenolic OH excluding ortho intramolecular Hbond substituents is 1. The zero-order chi connectivity index (χ0) is 29.3. The number of phenols is 1. The molecule has 5 N–H and O–H groups in total. The smallest absolute Gasteiger partial charge is 0.408 e. The van der Waals surface area contributed by atoms with Crippen molar-refractivity contribution in [2.45, 2.75) is 65.1 Å². The summed E-state index contributed by atoms with van der Waals surface area (Å²) in [5.41, 5.74) is 5.92. The zero-order valence-corrected chi connectivity index (χ0v) is 23.2. The molecule has 4 amide bonds. The second kappa shape index (κ2) is 13.5. The van der Waals surface area contributed by atoms with E-state index in [2.05, 4.69) is 10.6 Å². The summed E-state index contributed by atoms with van der Waals surface area (Å²) in [6.07, 6.45) is -1.11. The number of amides is 4. The Bertz CT molecular complexity index is 1180. The number of ether oxygens (including phenoxy) is 2. The Labute approximate surface area is 228 Å². The predicted octanol–water partition coefficient (Wildman–Crippen LogP) is 3.40. The van der Waals surface area contributed by atoms with Gasteiger partial charge >= 0.3 is 6.09 Å². The SMILES string of the molecule is CCN(C(=O)C(CCC(N)=O)NC(=O)OC(C)(C)C)C(C(=O)Nc1ccc(OC)cc1)c1ccc(O)c(C)c1. The van der Waals surface area contributed by atoms with Gasteiger partial charge < -0.3 is 35.8 Å². The lowest BCUT2D eigenvalue weighted by Crippen LogP contribution is -2.52. The number of primary amides is 1. The van der Waals surface area contributed by atoms with Crippen LogP contribution in [0.2, 0.25) is 0 Å². The van der Waals surface area contributed by atoms with Crippen LogP contribution in [-0.4, -0.2) is 59.1 Å². The van der Waals surface area contributed by atoms with Gasteiger partial charge in [-0.2, -0.15) is 0 Å². The Morgan fingerprint density at radius 1 is 1.08 bits per heavy atom. The summed E-state index contributed by atoms with van der Waals surface area (Å²) in [7, 11) is 1.53. The molecule has 2 rings (SSSR count). The highest BCUT2D eigenvalue weighted by Gasteiger charge is 2.36. The van der Waals surface area contributed by atoms with Crippen LogP contribution in [0.25, 0.3) is 0 Å². The quantitative estimate of drug-likeness (QED) is 0.338. The van der Waals surface area contributed by atoms with E-state index in [4.69, 9.17) is 15.2 Å². The van der Waals surface area contributed by atoms with Gasteiger partial charge in [0, 0.05) is 18.7 Å². The molecular formula is C28H38N4O7. The van der Waals surface area contributed by atoms with E-state index in [0.29, 0.717) is 22.6 Å². The van der Waals surface area contributed by atoms with E-state index in [9.17, 15) is 24.3 Å². The van der Waals surface area contributed by atoms with Crippen molar-refractivity contribution < 1.29 is 33.8 Å². The fourth-order valence-corrected chi connectivity index (χ4v) is 3.87. The number of rotatable bonds is 11. The van der Waals surface area contributed by atoms with Crippen molar-refractivity contribution in [2.24, 2.45) is 5.73 Å². The van der Waals surface area contributed by atoms with Crippen LogP contribution in [0.1, 0.15) is 57.7 Å². The van der Waals surface area contributed by atoms with E-state index in [1.807, 2.05) is 0 Å². The molecule has 212 valence electrons. The number of alkyl carbamates (subject to hydrolysis) is 1. The van der Waals surface area contributed by atoms with E-state index in [1.54, 1.807) is 71.0 Å². The first-order chi connectivity index (χ1) is 18.2. The second-order valence-electron chi connectivity index (χ2n) is 9.99. The molecule has 0 heterocycles. The van der Waals surface area contributed by atoms with E-state index >= 15 is 0 Å². The highest BCUT2D eigenvalue weighted by molar-refractivity contribution is 5.99. The maximum Gasteiger partial charge on any atom is 0.408 e. The summed E-state index contributed by atoms with van der Waals surface area (Å²) < 4.78 is 10.5. The average molecular weight is 543 g/mol. The van der Waals surface area contributed by atoms with Gasteiger partial charge in [-0.15, -0.1) is 0 Å². The van der Waals surface area contributed by atoms with Gasteiger partial charge in [0.25, 0.3) is 5.91 Å². The molecule has 0 saturated carbocycles. The zero-order valence-electron chi connectivity index (χ0n) is 23.2. The lowest BCUT2D eigenvalue weighted by molar-refractivity contribution is -0.140. The van der Waals surface area contributed by atoms with E-state index in [1.165, 1.54) is 18.1 Å². The summed E-state index contributed by atoms with van der Waals surface area (Å²) in [6.45, 7) is 8.49. The molecule has 0 radical (unpaired) electrons. The topological polar surface area (TPSA) is 160 Å². The first kappa shape index (κ1) is 30.9. The molecule has 0 bridgehead atoms. The van der Waals surface area contributed by atoms with Crippen LogP contribution in [0.4, 0.5) is 10.5 Å². The molecule has 2 unspecified atom stereocenters. The molecule has 0 aliphatic carbocycles. The number of likely N-dealkylation sites (N-methyl/N-ethyl adjacent to an activating group) is 1. The molecule has 2 aromatic rings. The largest absolute Gasteiger partial charge is 0.508 e. The van der Waals surface area contributed by atoms with Gasteiger partial charge in [-0.3, -0.25) is 14.4 Å². The molecule has 2 aromatic carbocycles. The van der Waals surface area contributed by atoms with E-state index in [-0.39, 0.29) is 25.1 Å². The first-order valence-electron chi connectivity index (χ1n) is 12.6. The van der Waals surface area contributed by atoms with Gasteiger partial charge in [-0.25, -0.2) is 4.79 Å². The fraction of sp³-hybridized carbons (Fsp3) is 0.429. The predicted molar refractivity (Wildman–Crippen MR) is 146 cm³/mol. The summed E-state index contributed by atoms with van der Waals surface area (Å²) in [4.78, 5) is 52.9. The number of anilines is 1. The summed E-state index contributed by atoms with van der Waals surface area (Å²) in [5.74, 6) is -1.13. The number of nitrogens with two attached hydrogens (primary N) is 1. The minimum Gasteiger partial charge on any atom is -0.508 e. The van der Waals surface area contributed by atoms with Crippen molar-refractivity contribution in [3.8, 4) is 11.5 Å². The number of hydrogen-bond acceptors (Lipinski definition) is 7. The number of nitrogens with one attached hydrogen (secondary N) is 2. The van der Waals surface area contributed by atoms with Gasteiger partial charge in [0.05, 0.1) is 7.11 Å². The minimum absolute atomic E-state index is 0.0355. The third-order valence-electron chi connectivity index (χ3n) is 5.75. The van der Waals surface area contributed by atoms with Gasteiger partial charge in [-0.1, -0.05) is 6.07 Å². The fourth-order valence-electron chi connectivity index (χ4n) is 3.87. The number of nitrogens with zero attached hydrogens (tertiary/aromatic N) is 1. The number of methoxy groups -OCH3 is 1. The molecule has 0 aliphatic rings. The highest BCUT2D eigenvalue weighted by Crippen LogP contribution is 2.28. The Morgan fingerprint density at radius 2 is 1.72 bits per heavy atom. The van der Waals surface area contributed by atoms with Gasteiger partial charge in [0.1, 0.15) is 29.2 Å². The maximum atomic E-state index is 13.9. The molecule has 0 aromatic heterocycles.